The van der Waals surface area contributed by atoms with E-state index in [-0.39, 0.29) is 5.69 Å². The van der Waals surface area contributed by atoms with Gasteiger partial charge in [0.1, 0.15) is 0 Å². The first-order valence-electron chi connectivity index (χ1n) is 9.55. The molecule has 30 heavy (non-hydrogen) atoms. The Hall–Kier alpha value is -3.39. The molecule has 0 unspecified atom stereocenters. The molecule has 152 valence electrons. The minimum absolute atomic E-state index is 0.285. The van der Waals surface area contributed by atoms with Gasteiger partial charge in [-0.15, -0.1) is 0 Å². The number of aromatic amines is 2. The van der Waals surface area contributed by atoms with Gasteiger partial charge in [0.15, 0.2) is 5.69 Å². The Kier molecular flexibility index (Phi) is 4.43. The van der Waals surface area contributed by atoms with Crippen LogP contribution in [0.15, 0.2) is 30.6 Å². The van der Waals surface area contributed by atoms with Crippen molar-refractivity contribution < 1.29 is 9.53 Å². The summed E-state index contributed by atoms with van der Waals surface area (Å²) in [5, 5.41) is 9.48. The monoisotopic (exact) mass is 422 g/mol. The largest absolute Gasteiger partial charge is 0.464 e. The SMILES string of the molecule is COC(=O)c1nc(N2CCc3[nH]nc(-c4ccc(Cl)c5[nH]ccc45)c3C2)ncc1C. The number of aromatic nitrogens is 5. The van der Waals surface area contributed by atoms with E-state index < -0.39 is 5.97 Å². The van der Waals surface area contributed by atoms with Crippen LogP contribution in [-0.2, 0) is 17.7 Å². The highest BCUT2D eigenvalue weighted by Crippen LogP contribution is 2.36. The highest BCUT2D eigenvalue weighted by atomic mass is 35.5. The number of fused-ring (bicyclic) bond motifs is 2. The fourth-order valence-electron chi connectivity index (χ4n) is 3.90. The highest BCUT2D eigenvalue weighted by Gasteiger charge is 2.26. The minimum atomic E-state index is -0.464. The number of rotatable bonds is 3. The molecule has 8 nitrogen and oxygen atoms in total. The van der Waals surface area contributed by atoms with Crippen molar-refractivity contribution in [1.29, 1.82) is 0 Å². The number of H-pyrrole nitrogens is 2. The normalized spacial score (nSPS) is 13.5. The Labute approximate surface area is 177 Å². The zero-order valence-corrected chi connectivity index (χ0v) is 17.2. The molecule has 0 bridgehead atoms. The van der Waals surface area contributed by atoms with Crippen LogP contribution in [-0.4, -0.2) is 44.8 Å². The third kappa shape index (κ3) is 2.91. The van der Waals surface area contributed by atoms with E-state index in [1.165, 1.54) is 7.11 Å². The van der Waals surface area contributed by atoms with Crippen LogP contribution in [0, 0.1) is 6.92 Å². The number of benzene rings is 1. The molecule has 0 aliphatic carbocycles. The predicted molar refractivity (Wildman–Crippen MR) is 114 cm³/mol. The van der Waals surface area contributed by atoms with Crippen LogP contribution < -0.4 is 4.90 Å². The topological polar surface area (TPSA) is 99.8 Å². The van der Waals surface area contributed by atoms with Gasteiger partial charge in [-0.05, 0) is 19.1 Å². The lowest BCUT2D eigenvalue weighted by atomic mass is 9.99. The molecule has 0 saturated heterocycles. The van der Waals surface area contributed by atoms with Crippen molar-refractivity contribution in [3.63, 3.8) is 0 Å². The van der Waals surface area contributed by atoms with Crippen LogP contribution in [0.4, 0.5) is 5.95 Å². The van der Waals surface area contributed by atoms with Gasteiger partial charge in [-0.1, -0.05) is 17.7 Å². The lowest BCUT2D eigenvalue weighted by Crippen LogP contribution is -2.32. The van der Waals surface area contributed by atoms with Crippen molar-refractivity contribution in [3.05, 3.63) is 58.1 Å². The lowest BCUT2D eigenvalue weighted by molar-refractivity contribution is 0.0593. The first kappa shape index (κ1) is 18.6. The fraction of sp³-hybridized carbons (Fsp3) is 0.238. The zero-order chi connectivity index (χ0) is 20.8. The Bertz CT molecular complexity index is 1280. The van der Waals surface area contributed by atoms with Gasteiger partial charge < -0.3 is 14.6 Å². The van der Waals surface area contributed by atoms with E-state index in [1.54, 1.807) is 13.1 Å². The third-order valence-electron chi connectivity index (χ3n) is 5.48. The van der Waals surface area contributed by atoms with E-state index >= 15 is 0 Å². The standard InChI is InChI=1S/C21H19ClN6O2/c1-11-9-24-21(25-17(11)20(29)30-2)28-8-6-16-14(10-28)18(27-26-16)12-3-4-15(22)19-13(12)5-7-23-19/h3-5,7,9,23H,6,8,10H2,1-2H3,(H,26,27). The van der Waals surface area contributed by atoms with Crippen LogP contribution in [0.5, 0.6) is 0 Å². The Morgan fingerprint density at radius 1 is 1.30 bits per heavy atom. The molecule has 2 N–H and O–H groups in total. The number of ether oxygens (including phenoxy) is 1. The Balaban J connectivity index is 1.54. The number of methoxy groups -OCH3 is 1. The molecular formula is C21H19ClN6O2. The first-order chi connectivity index (χ1) is 14.6. The molecule has 5 rings (SSSR count). The molecule has 1 aliphatic heterocycles. The number of carbonyl (C=O) groups is 1. The molecule has 1 aliphatic rings. The molecule has 0 fully saturated rings. The average Bonchev–Trinajstić information content (AvgIpc) is 3.42. The summed E-state index contributed by atoms with van der Waals surface area (Å²) < 4.78 is 4.85. The van der Waals surface area contributed by atoms with Crippen LogP contribution in [0.2, 0.25) is 5.02 Å². The van der Waals surface area contributed by atoms with Crippen LogP contribution >= 0.6 is 11.6 Å². The molecular weight excluding hydrogens is 404 g/mol. The maximum Gasteiger partial charge on any atom is 0.357 e. The van der Waals surface area contributed by atoms with Crippen LogP contribution in [0.3, 0.4) is 0 Å². The number of hydrogen-bond acceptors (Lipinski definition) is 6. The molecule has 4 heterocycles. The number of anilines is 1. The number of nitrogens with one attached hydrogen (secondary N) is 2. The van der Waals surface area contributed by atoms with Crippen molar-refractivity contribution in [1.82, 2.24) is 25.1 Å². The summed E-state index contributed by atoms with van der Waals surface area (Å²) in [5.41, 5.74) is 5.94. The van der Waals surface area contributed by atoms with E-state index in [9.17, 15) is 4.79 Å². The van der Waals surface area contributed by atoms with Gasteiger partial charge >= 0.3 is 5.97 Å². The molecule has 0 amide bonds. The number of hydrogen-bond donors (Lipinski definition) is 2. The number of carbonyl (C=O) groups excluding carboxylic acids is 1. The average molecular weight is 423 g/mol. The lowest BCUT2D eigenvalue weighted by Gasteiger charge is -2.27. The van der Waals surface area contributed by atoms with E-state index in [1.807, 2.05) is 24.4 Å². The summed E-state index contributed by atoms with van der Waals surface area (Å²) in [7, 11) is 1.35. The molecule has 3 aromatic heterocycles. The summed E-state index contributed by atoms with van der Waals surface area (Å²) in [4.78, 5) is 26.2. The number of aryl methyl sites for hydroxylation is 1. The summed E-state index contributed by atoms with van der Waals surface area (Å²) in [5.74, 6) is 0.0376. The summed E-state index contributed by atoms with van der Waals surface area (Å²) >= 11 is 6.32. The molecule has 4 aromatic rings. The van der Waals surface area contributed by atoms with Gasteiger partial charge in [0, 0.05) is 59.7 Å². The highest BCUT2D eigenvalue weighted by molar-refractivity contribution is 6.35. The molecule has 0 saturated carbocycles. The predicted octanol–water partition coefficient (Wildman–Crippen LogP) is 3.66. The van der Waals surface area contributed by atoms with Crippen molar-refractivity contribution in [3.8, 4) is 11.3 Å². The van der Waals surface area contributed by atoms with E-state index in [4.69, 9.17) is 16.3 Å². The van der Waals surface area contributed by atoms with E-state index in [0.29, 0.717) is 23.1 Å². The fourth-order valence-corrected chi connectivity index (χ4v) is 4.12. The molecule has 0 spiro atoms. The molecule has 0 radical (unpaired) electrons. The van der Waals surface area contributed by atoms with Gasteiger partial charge in [0.2, 0.25) is 5.95 Å². The van der Waals surface area contributed by atoms with Crippen molar-refractivity contribution in [2.45, 2.75) is 19.9 Å². The molecule has 1 aromatic carbocycles. The second-order valence-electron chi connectivity index (χ2n) is 7.26. The third-order valence-corrected chi connectivity index (χ3v) is 5.80. The number of nitrogens with zero attached hydrogens (tertiary/aromatic N) is 4. The number of halogens is 1. The maximum atomic E-state index is 12.0. The van der Waals surface area contributed by atoms with Crippen LogP contribution in [0.1, 0.15) is 27.3 Å². The van der Waals surface area contributed by atoms with Crippen molar-refractivity contribution in [2.24, 2.45) is 0 Å². The van der Waals surface area contributed by atoms with E-state index in [0.717, 1.165) is 46.4 Å². The Morgan fingerprint density at radius 3 is 3.00 bits per heavy atom. The van der Waals surface area contributed by atoms with Gasteiger partial charge in [-0.3, -0.25) is 5.10 Å². The van der Waals surface area contributed by atoms with Gasteiger partial charge in [-0.25, -0.2) is 14.8 Å². The van der Waals surface area contributed by atoms with E-state index in [2.05, 4.69) is 30.0 Å². The Morgan fingerprint density at radius 2 is 2.17 bits per heavy atom. The summed E-state index contributed by atoms with van der Waals surface area (Å²) in [6.07, 6.45) is 4.31. The van der Waals surface area contributed by atoms with Crippen molar-refractivity contribution in [2.75, 3.05) is 18.6 Å². The van der Waals surface area contributed by atoms with Crippen LogP contribution in [0.25, 0.3) is 22.2 Å². The molecule has 9 heteroatoms. The number of esters is 1. The smallest absolute Gasteiger partial charge is 0.357 e. The maximum absolute atomic E-state index is 12.0. The van der Waals surface area contributed by atoms with Gasteiger partial charge in [-0.2, -0.15) is 5.10 Å². The quantitative estimate of drug-likeness (QED) is 0.489. The second-order valence-corrected chi connectivity index (χ2v) is 7.66. The van der Waals surface area contributed by atoms with Crippen molar-refractivity contribution >= 4 is 34.4 Å². The first-order valence-corrected chi connectivity index (χ1v) is 9.93. The zero-order valence-electron chi connectivity index (χ0n) is 16.5. The van der Waals surface area contributed by atoms with Gasteiger partial charge in [0.05, 0.1) is 23.3 Å². The second kappa shape index (κ2) is 7.14. The molecule has 0 atom stereocenters. The summed E-state index contributed by atoms with van der Waals surface area (Å²) in [6, 6.07) is 5.87. The summed E-state index contributed by atoms with van der Waals surface area (Å²) in [6.45, 7) is 3.10. The van der Waals surface area contributed by atoms with Gasteiger partial charge in [0.25, 0.3) is 0 Å². The minimum Gasteiger partial charge on any atom is -0.464 e.